The fraction of sp³-hybridized carbons (Fsp3) is 0.529. The number of hydrogen-bond donors (Lipinski definition) is 1. The highest BCUT2D eigenvalue weighted by molar-refractivity contribution is 6.06. The van der Waals surface area contributed by atoms with Gasteiger partial charge in [0.15, 0.2) is 0 Å². The Hall–Kier alpha value is -2.11. The molecule has 1 saturated heterocycles. The number of hydrogen-bond acceptors (Lipinski definition) is 3. The van der Waals surface area contributed by atoms with Crippen LogP contribution in [0.5, 0.6) is 5.75 Å². The van der Waals surface area contributed by atoms with Crippen molar-refractivity contribution < 1.29 is 18.7 Å². The maximum Gasteiger partial charge on any atom is 0.325 e. The van der Waals surface area contributed by atoms with Crippen LogP contribution in [0.4, 0.5) is 9.18 Å². The van der Waals surface area contributed by atoms with Crippen molar-refractivity contribution in [2.45, 2.75) is 39.2 Å². The SMILES string of the molecule is CC(C)CC1(C)NC(=O)N(CCCOc2ccc(F)cc2)C1=O. The van der Waals surface area contributed by atoms with Gasteiger partial charge >= 0.3 is 6.03 Å². The van der Waals surface area contributed by atoms with E-state index in [0.717, 1.165) is 0 Å². The first-order chi connectivity index (χ1) is 10.8. The molecule has 3 amide bonds. The number of nitrogens with one attached hydrogen (secondary N) is 1. The maximum atomic E-state index is 12.8. The van der Waals surface area contributed by atoms with Crippen molar-refractivity contribution in [2.24, 2.45) is 5.92 Å². The number of carbonyl (C=O) groups is 2. The largest absolute Gasteiger partial charge is 0.494 e. The van der Waals surface area contributed by atoms with Gasteiger partial charge in [0.05, 0.1) is 6.61 Å². The van der Waals surface area contributed by atoms with Crippen molar-refractivity contribution >= 4 is 11.9 Å². The van der Waals surface area contributed by atoms with Crippen LogP contribution < -0.4 is 10.1 Å². The normalized spacial score (nSPS) is 21.0. The first kappa shape index (κ1) is 17.2. The molecule has 126 valence electrons. The molecule has 5 nitrogen and oxygen atoms in total. The monoisotopic (exact) mass is 322 g/mol. The lowest BCUT2D eigenvalue weighted by atomic mass is 9.91. The predicted molar refractivity (Wildman–Crippen MR) is 84.6 cm³/mol. The Kier molecular flexibility index (Phi) is 5.23. The molecule has 1 aromatic carbocycles. The topological polar surface area (TPSA) is 58.6 Å². The van der Waals surface area contributed by atoms with Gasteiger partial charge in [0.2, 0.25) is 0 Å². The molecule has 2 rings (SSSR count). The number of amides is 3. The Labute approximate surface area is 135 Å². The molecule has 0 spiro atoms. The molecule has 0 bridgehead atoms. The highest BCUT2D eigenvalue weighted by Crippen LogP contribution is 2.25. The van der Waals surface area contributed by atoms with Crippen LogP contribution in [0.1, 0.15) is 33.6 Å². The van der Waals surface area contributed by atoms with Gasteiger partial charge in [-0.15, -0.1) is 0 Å². The zero-order valence-electron chi connectivity index (χ0n) is 13.8. The van der Waals surface area contributed by atoms with Gasteiger partial charge in [-0.05, 0) is 49.9 Å². The van der Waals surface area contributed by atoms with Gasteiger partial charge in [-0.2, -0.15) is 0 Å². The minimum absolute atomic E-state index is 0.182. The van der Waals surface area contributed by atoms with Crippen molar-refractivity contribution in [3.63, 3.8) is 0 Å². The molecule has 23 heavy (non-hydrogen) atoms. The minimum Gasteiger partial charge on any atom is -0.494 e. The molecule has 0 aliphatic carbocycles. The number of urea groups is 1. The van der Waals surface area contributed by atoms with Crippen LogP contribution in [0.3, 0.4) is 0 Å². The van der Waals surface area contributed by atoms with Crippen LogP contribution in [-0.2, 0) is 4.79 Å². The minimum atomic E-state index is -0.816. The Bertz CT molecular complexity index is 574. The van der Waals surface area contributed by atoms with Crippen LogP contribution in [0.25, 0.3) is 0 Å². The molecule has 1 aromatic rings. The average molecular weight is 322 g/mol. The second-order valence-corrected chi connectivity index (χ2v) is 6.47. The summed E-state index contributed by atoms with van der Waals surface area (Å²) in [5.41, 5.74) is -0.816. The lowest BCUT2D eigenvalue weighted by Gasteiger charge is -2.23. The number of halogens is 1. The number of nitrogens with zero attached hydrogens (tertiary/aromatic N) is 1. The summed E-state index contributed by atoms with van der Waals surface area (Å²) in [5.74, 6) is 0.373. The van der Waals surface area contributed by atoms with E-state index in [2.05, 4.69) is 5.32 Å². The van der Waals surface area contributed by atoms with Crippen molar-refractivity contribution in [1.29, 1.82) is 0 Å². The summed E-state index contributed by atoms with van der Waals surface area (Å²) in [5, 5.41) is 2.78. The molecule has 1 fully saturated rings. The molecule has 1 unspecified atom stereocenters. The summed E-state index contributed by atoms with van der Waals surface area (Å²) >= 11 is 0. The Morgan fingerprint density at radius 2 is 1.91 bits per heavy atom. The Balaban J connectivity index is 1.82. The fourth-order valence-corrected chi connectivity index (χ4v) is 2.85. The van der Waals surface area contributed by atoms with E-state index in [-0.39, 0.29) is 17.8 Å². The van der Waals surface area contributed by atoms with Crippen LogP contribution >= 0.6 is 0 Å². The van der Waals surface area contributed by atoms with Crippen LogP contribution in [-0.4, -0.2) is 35.5 Å². The molecular formula is C17H23FN2O3. The van der Waals surface area contributed by atoms with E-state index in [0.29, 0.717) is 37.7 Å². The average Bonchev–Trinajstić information content (AvgIpc) is 2.67. The second kappa shape index (κ2) is 6.98. The third-order valence-electron chi connectivity index (χ3n) is 3.77. The van der Waals surface area contributed by atoms with Gasteiger partial charge in [-0.1, -0.05) is 13.8 Å². The predicted octanol–water partition coefficient (Wildman–Crippen LogP) is 2.95. The molecule has 6 heteroatoms. The van der Waals surface area contributed by atoms with Crippen LogP contribution in [0.2, 0.25) is 0 Å². The van der Waals surface area contributed by atoms with E-state index in [9.17, 15) is 14.0 Å². The number of benzene rings is 1. The van der Waals surface area contributed by atoms with Gasteiger partial charge in [-0.25, -0.2) is 9.18 Å². The van der Waals surface area contributed by atoms with Crippen molar-refractivity contribution in [3.05, 3.63) is 30.1 Å². The molecule has 1 aliphatic rings. The van der Waals surface area contributed by atoms with Crippen molar-refractivity contribution in [2.75, 3.05) is 13.2 Å². The Morgan fingerprint density at radius 1 is 1.26 bits per heavy atom. The first-order valence-electron chi connectivity index (χ1n) is 7.84. The molecule has 0 radical (unpaired) electrons. The molecule has 1 N–H and O–H groups in total. The molecule has 1 aliphatic heterocycles. The molecule has 0 aromatic heterocycles. The van der Waals surface area contributed by atoms with Crippen molar-refractivity contribution in [1.82, 2.24) is 10.2 Å². The van der Waals surface area contributed by atoms with Crippen LogP contribution in [0, 0.1) is 11.7 Å². The van der Waals surface area contributed by atoms with E-state index >= 15 is 0 Å². The highest BCUT2D eigenvalue weighted by Gasteiger charge is 2.47. The van der Waals surface area contributed by atoms with Crippen molar-refractivity contribution in [3.8, 4) is 5.75 Å². The van der Waals surface area contributed by atoms with E-state index in [1.54, 1.807) is 19.1 Å². The molecule has 0 saturated carbocycles. The zero-order valence-corrected chi connectivity index (χ0v) is 13.8. The highest BCUT2D eigenvalue weighted by atomic mass is 19.1. The standard InChI is InChI=1S/C17H23FN2O3/c1-12(2)11-17(3)15(21)20(16(22)19-17)9-4-10-23-14-7-5-13(18)6-8-14/h5-8,12H,4,9-11H2,1-3H3,(H,19,22). The van der Waals surface area contributed by atoms with Gasteiger partial charge < -0.3 is 10.1 Å². The summed E-state index contributed by atoms with van der Waals surface area (Å²) in [6.45, 7) is 6.46. The third kappa shape index (κ3) is 4.21. The lowest BCUT2D eigenvalue weighted by molar-refractivity contribution is -0.131. The summed E-state index contributed by atoms with van der Waals surface area (Å²) in [6.07, 6.45) is 1.13. The summed E-state index contributed by atoms with van der Waals surface area (Å²) < 4.78 is 18.3. The Morgan fingerprint density at radius 3 is 2.52 bits per heavy atom. The smallest absolute Gasteiger partial charge is 0.325 e. The second-order valence-electron chi connectivity index (χ2n) is 6.47. The summed E-state index contributed by atoms with van der Waals surface area (Å²) in [4.78, 5) is 25.7. The number of rotatable bonds is 7. The van der Waals surface area contributed by atoms with Gasteiger partial charge in [-0.3, -0.25) is 9.69 Å². The number of carbonyl (C=O) groups excluding carboxylic acids is 2. The van der Waals surface area contributed by atoms with E-state index in [1.165, 1.54) is 17.0 Å². The summed E-state index contributed by atoms with van der Waals surface area (Å²) in [6, 6.07) is 5.39. The van der Waals surface area contributed by atoms with E-state index in [4.69, 9.17) is 4.74 Å². The zero-order chi connectivity index (χ0) is 17.0. The molecule has 1 atom stereocenters. The molecular weight excluding hydrogens is 299 g/mol. The third-order valence-corrected chi connectivity index (χ3v) is 3.77. The van der Waals surface area contributed by atoms with Gasteiger partial charge in [0.25, 0.3) is 5.91 Å². The molecule has 1 heterocycles. The fourth-order valence-electron chi connectivity index (χ4n) is 2.85. The number of ether oxygens (including phenoxy) is 1. The lowest BCUT2D eigenvalue weighted by Crippen LogP contribution is -2.45. The van der Waals surface area contributed by atoms with E-state index < -0.39 is 5.54 Å². The number of imide groups is 1. The van der Waals surface area contributed by atoms with Gasteiger partial charge in [0.1, 0.15) is 17.1 Å². The quantitative estimate of drug-likeness (QED) is 0.620. The van der Waals surface area contributed by atoms with Gasteiger partial charge in [0, 0.05) is 6.54 Å². The van der Waals surface area contributed by atoms with Crippen LogP contribution in [0.15, 0.2) is 24.3 Å². The first-order valence-corrected chi connectivity index (χ1v) is 7.84. The summed E-state index contributed by atoms with van der Waals surface area (Å²) in [7, 11) is 0. The maximum absolute atomic E-state index is 12.8. The van der Waals surface area contributed by atoms with E-state index in [1.807, 2.05) is 13.8 Å².